The summed E-state index contributed by atoms with van der Waals surface area (Å²) in [4.78, 5) is 23.6. The summed E-state index contributed by atoms with van der Waals surface area (Å²) < 4.78 is 4.63. The zero-order valence-corrected chi connectivity index (χ0v) is 15.3. The molecule has 0 fully saturated rings. The minimum atomic E-state index is -0.674. The van der Waals surface area contributed by atoms with E-state index in [-0.39, 0.29) is 12.5 Å². The molecule has 0 saturated heterocycles. The van der Waals surface area contributed by atoms with E-state index >= 15 is 0 Å². The Kier molecular flexibility index (Phi) is 6.21. The largest absolute Gasteiger partial charge is 0.465 e. The number of nitrogens with one attached hydrogen (secondary N) is 2. The van der Waals surface area contributed by atoms with Crippen LogP contribution in [0, 0.1) is 0 Å². The van der Waals surface area contributed by atoms with E-state index in [1.807, 2.05) is 12.1 Å². The van der Waals surface area contributed by atoms with Crippen LogP contribution in [-0.2, 0) is 17.6 Å². The Hall–Kier alpha value is -2.70. The van der Waals surface area contributed by atoms with E-state index < -0.39 is 12.1 Å². The first-order valence-corrected chi connectivity index (χ1v) is 9.01. The molecule has 1 aliphatic rings. The number of amides is 1. The molecule has 2 aromatic rings. The van der Waals surface area contributed by atoms with Crippen molar-refractivity contribution in [2.45, 2.75) is 25.0 Å². The van der Waals surface area contributed by atoms with Crippen LogP contribution in [0.25, 0.3) is 0 Å². The van der Waals surface area contributed by atoms with E-state index in [1.54, 1.807) is 12.1 Å². The number of carbonyl (C=O) groups excluding carboxylic acids is 2. The lowest BCUT2D eigenvalue weighted by Gasteiger charge is -2.16. The fourth-order valence-corrected chi connectivity index (χ4v) is 3.27. The van der Waals surface area contributed by atoms with E-state index in [1.165, 1.54) is 30.4 Å². The van der Waals surface area contributed by atoms with Gasteiger partial charge in [-0.05, 0) is 48.2 Å². The number of aliphatic hydroxyl groups excluding tert-OH is 1. The molecule has 6 nitrogen and oxygen atoms in total. The summed E-state index contributed by atoms with van der Waals surface area (Å²) in [5.74, 6) is -0.740. The SMILES string of the molecule is COC(=O)c1ccc(C(=O)NC[C@@H](O)CNC2Cc3ccccc3C2)cc1. The van der Waals surface area contributed by atoms with Crippen molar-refractivity contribution in [3.05, 3.63) is 70.8 Å². The van der Waals surface area contributed by atoms with Gasteiger partial charge in [-0.1, -0.05) is 24.3 Å². The van der Waals surface area contributed by atoms with Gasteiger partial charge in [-0.2, -0.15) is 0 Å². The zero-order chi connectivity index (χ0) is 19.2. The molecule has 0 aromatic heterocycles. The van der Waals surface area contributed by atoms with Crippen molar-refractivity contribution in [1.29, 1.82) is 0 Å². The average Bonchev–Trinajstić information content (AvgIpc) is 3.13. The van der Waals surface area contributed by atoms with Crippen molar-refractivity contribution < 1.29 is 19.4 Å². The Morgan fingerprint density at radius 3 is 2.22 bits per heavy atom. The van der Waals surface area contributed by atoms with Crippen LogP contribution in [0.1, 0.15) is 31.8 Å². The monoisotopic (exact) mass is 368 g/mol. The molecule has 1 amide bonds. The van der Waals surface area contributed by atoms with Crippen molar-refractivity contribution in [2.24, 2.45) is 0 Å². The molecule has 6 heteroatoms. The Morgan fingerprint density at radius 1 is 1.04 bits per heavy atom. The fourth-order valence-electron chi connectivity index (χ4n) is 3.27. The second-order valence-electron chi connectivity index (χ2n) is 6.71. The molecule has 0 radical (unpaired) electrons. The maximum absolute atomic E-state index is 12.2. The van der Waals surface area contributed by atoms with Gasteiger partial charge in [-0.25, -0.2) is 4.79 Å². The summed E-state index contributed by atoms with van der Waals surface area (Å²) in [7, 11) is 1.31. The third kappa shape index (κ3) is 4.93. The number of fused-ring (bicyclic) bond motifs is 1. The Balaban J connectivity index is 1.41. The van der Waals surface area contributed by atoms with Crippen LogP contribution < -0.4 is 10.6 Å². The maximum Gasteiger partial charge on any atom is 0.337 e. The lowest BCUT2D eigenvalue weighted by atomic mass is 10.1. The summed E-state index contributed by atoms with van der Waals surface area (Å²) in [6, 6.07) is 14.9. The number of hydrogen-bond acceptors (Lipinski definition) is 5. The van der Waals surface area contributed by atoms with Gasteiger partial charge in [0.2, 0.25) is 0 Å². The van der Waals surface area contributed by atoms with Crippen LogP contribution in [0.3, 0.4) is 0 Å². The first-order chi connectivity index (χ1) is 13.1. The van der Waals surface area contributed by atoms with Gasteiger partial charge in [-0.3, -0.25) is 4.79 Å². The van der Waals surface area contributed by atoms with Gasteiger partial charge in [-0.15, -0.1) is 0 Å². The van der Waals surface area contributed by atoms with Crippen LogP contribution in [0.15, 0.2) is 48.5 Å². The third-order valence-corrected chi connectivity index (χ3v) is 4.76. The summed E-state index contributed by atoms with van der Waals surface area (Å²) in [6.45, 7) is 0.574. The number of ether oxygens (including phenoxy) is 1. The van der Waals surface area contributed by atoms with Crippen molar-refractivity contribution in [3.8, 4) is 0 Å². The molecule has 0 aliphatic heterocycles. The van der Waals surface area contributed by atoms with E-state index in [2.05, 4.69) is 27.5 Å². The second kappa shape index (κ2) is 8.79. The van der Waals surface area contributed by atoms with Crippen molar-refractivity contribution in [2.75, 3.05) is 20.2 Å². The normalized spacial score (nSPS) is 14.4. The number of benzene rings is 2. The average molecular weight is 368 g/mol. The lowest BCUT2D eigenvalue weighted by Crippen LogP contribution is -2.41. The van der Waals surface area contributed by atoms with Crippen molar-refractivity contribution in [1.82, 2.24) is 10.6 Å². The zero-order valence-electron chi connectivity index (χ0n) is 15.3. The van der Waals surface area contributed by atoms with Gasteiger partial charge < -0.3 is 20.5 Å². The maximum atomic E-state index is 12.2. The molecular formula is C21H24N2O4. The van der Waals surface area contributed by atoms with Gasteiger partial charge in [0.25, 0.3) is 5.91 Å². The number of methoxy groups -OCH3 is 1. The van der Waals surface area contributed by atoms with Gasteiger partial charge >= 0.3 is 5.97 Å². The molecule has 0 heterocycles. The van der Waals surface area contributed by atoms with Crippen LogP contribution >= 0.6 is 0 Å². The smallest absolute Gasteiger partial charge is 0.337 e. The summed E-state index contributed by atoms with van der Waals surface area (Å²) in [5.41, 5.74) is 3.52. The predicted octanol–water partition coefficient (Wildman–Crippen LogP) is 1.32. The van der Waals surface area contributed by atoms with Crippen molar-refractivity contribution >= 4 is 11.9 Å². The first kappa shape index (κ1) is 19.1. The van der Waals surface area contributed by atoms with Gasteiger partial charge in [0.05, 0.1) is 18.8 Å². The van der Waals surface area contributed by atoms with Crippen LogP contribution in [0.5, 0.6) is 0 Å². The van der Waals surface area contributed by atoms with E-state index in [4.69, 9.17) is 0 Å². The number of hydrogen-bond donors (Lipinski definition) is 3. The Labute approximate surface area is 158 Å². The van der Waals surface area contributed by atoms with Gasteiger partial charge in [0, 0.05) is 24.7 Å². The highest BCUT2D eigenvalue weighted by Gasteiger charge is 2.21. The third-order valence-electron chi connectivity index (χ3n) is 4.76. The minimum Gasteiger partial charge on any atom is -0.465 e. The molecule has 27 heavy (non-hydrogen) atoms. The molecule has 0 bridgehead atoms. The first-order valence-electron chi connectivity index (χ1n) is 9.01. The molecule has 3 N–H and O–H groups in total. The number of carbonyl (C=O) groups is 2. The highest BCUT2D eigenvalue weighted by molar-refractivity contribution is 5.96. The van der Waals surface area contributed by atoms with E-state index in [9.17, 15) is 14.7 Å². The topological polar surface area (TPSA) is 87.7 Å². The molecule has 0 spiro atoms. The molecule has 2 aromatic carbocycles. The second-order valence-corrected chi connectivity index (χ2v) is 6.71. The minimum absolute atomic E-state index is 0.157. The molecule has 0 saturated carbocycles. The molecule has 0 unspecified atom stereocenters. The number of esters is 1. The summed E-state index contributed by atoms with van der Waals surface area (Å²) >= 11 is 0. The molecule has 1 atom stereocenters. The van der Waals surface area contributed by atoms with E-state index in [0.717, 1.165) is 12.8 Å². The molecule has 142 valence electrons. The van der Waals surface area contributed by atoms with Crippen LogP contribution in [0.2, 0.25) is 0 Å². The molecule has 1 aliphatic carbocycles. The Bertz CT molecular complexity index is 779. The highest BCUT2D eigenvalue weighted by atomic mass is 16.5. The molecule has 3 rings (SSSR count). The summed E-state index contributed by atoms with van der Waals surface area (Å²) in [5, 5.41) is 16.2. The quantitative estimate of drug-likeness (QED) is 0.642. The van der Waals surface area contributed by atoms with Crippen molar-refractivity contribution in [3.63, 3.8) is 0 Å². The number of aliphatic hydroxyl groups is 1. The highest BCUT2D eigenvalue weighted by Crippen LogP contribution is 2.21. The number of rotatable bonds is 7. The summed E-state index contributed by atoms with van der Waals surface area (Å²) in [6.07, 6.45) is 1.25. The lowest BCUT2D eigenvalue weighted by molar-refractivity contribution is 0.0600. The Morgan fingerprint density at radius 2 is 1.63 bits per heavy atom. The van der Waals surface area contributed by atoms with Crippen LogP contribution in [-0.4, -0.2) is 49.3 Å². The van der Waals surface area contributed by atoms with Gasteiger partial charge in [0.15, 0.2) is 0 Å². The van der Waals surface area contributed by atoms with Gasteiger partial charge in [0.1, 0.15) is 0 Å². The standard InChI is InChI=1S/C21H24N2O4/c1-27-21(26)15-8-6-14(7-9-15)20(25)23-13-19(24)12-22-18-10-16-4-2-3-5-17(16)11-18/h2-9,18-19,22,24H,10-13H2,1H3,(H,23,25)/t19-/m0/s1. The van der Waals surface area contributed by atoms with E-state index in [0.29, 0.717) is 23.7 Å². The van der Waals surface area contributed by atoms with Crippen LogP contribution in [0.4, 0.5) is 0 Å². The predicted molar refractivity (Wildman–Crippen MR) is 102 cm³/mol. The molecular weight excluding hydrogens is 344 g/mol. The fraction of sp³-hybridized carbons (Fsp3) is 0.333.